The lowest BCUT2D eigenvalue weighted by molar-refractivity contribution is 0.0449. The van der Waals surface area contributed by atoms with E-state index < -0.39 is 22.1 Å². The predicted octanol–water partition coefficient (Wildman–Crippen LogP) is 6.16. The van der Waals surface area contributed by atoms with Gasteiger partial charge in [-0.05, 0) is 106 Å². The van der Waals surface area contributed by atoms with E-state index in [0.717, 1.165) is 37.9 Å². The van der Waals surface area contributed by atoms with Gasteiger partial charge in [0.25, 0.3) is 0 Å². The molecule has 0 spiro atoms. The molecule has 0 aliphatic carbocycles. The van der Waals surface area contributed by atoms with Gasteiger partial charge in [0.2, 0.25) is 10.0 Å². The summed E-state index contributed by atoms with van der Waals surface area (Å²) in [7, 11) is -3.97. The SMILES string of the molecule is Cc1cc([C@@H]2CCC[C@H](COC(=O)N3CCC(N4CCCCC4)CC3)N2S(=O)(=O)c2ccc(Cl)cc2)ccc1F. The maximum absolute atomic E-state index is 14.1. The number of carbonyl (C=O) groups is 1. The fourth-order valence-corrected chi connectivity index (χ4v) is 8.42. The van der Waals surface area contributed by atoms with Crippen LogP contribution < -0.4 is 0 Å². The summed E-state index contributed by atoms with van der Waals surface area (Å²) in [5, 5.41) is 0.442. The summed E-state index contributed by atoms with van der Waals surface area (Å²) in [5.41, 5.74) is 1.19. The van der Waals surface area contributed by atoms with E-state index in [4.69, 9.17) is 16.3 Å². The lowest BCUT2D eigenvalue weighted by atomic mass is 9.93. The van der Waals surface area contributed by atoms with Gasteiger partial charge in [0, 0.05) is 24.2 Å². The third kappa shape index (κ3) is 6.48. The lowest BCUT2D eigenvalue weighted by Crippen LogP contribution is -2.50. The smallest absolute Gasteiger partial charge is 0.409 e. The number of aryl methyl sites for hydroxylation is 1. The number of carbonyl (C=O) groups excluding carboxylic acids is 1. The first-order valence-electron chi connectivity index (χ1n) is 14.4. The standard InChI is InChI=1S/C30H39ClFN3O4S/c1-22-20-23(8-13-28(22)32)29-7-5-6-26(35(29)40(37,38)27-11-9-24(31)10-12-27)21-39-30(36)34-18-14-25(15-19-34)33-16-3-2-4-17-33/h8-13,20,25-26,29H,2-7,14-19,21H2,1H3/t26-,29+/m1/s1. The average molecular weight is 592 g/mol. The van der Waals surface area contributed by atoms with E-state index in [1.807, 2.05) is 0 Å². The molecule has 40 heavy (non-hydrogen) atoms. The van der Waals surface area contributed by atoms with Crippen molar-refractivity contribution >= 4 is 27.7 Å². The number of rotatable bonds is 6. The quantitative estimate of drug-likeness (QED) is 0.402. The molecular formula is C30H39ClFN3O4S. The highest BCUT2D eigenvalue weighted by Crippen LogP contribution is 2.39. The van der Waals surface area contributed by atoms with Crippen LogP contribution in [0.15, 0.2) is 47.4 Å². The van der Waals surface area contributed by atoms with Gasteiger partial charge in [-0.3, -0.25) is 0 Å². The summed E-state index contributed by atoms with van der Waals surface area (Å²) >= 11 is 6.04. The second kappa shape index (κ2) is 12.8. The van der Waals surface area contributed by atoms with Crippen molar-refractivity contribution in [2.24, 2.45) is 0 Å². The predicted molar refractivity (Wildman–Crippen MR) is 153 cm³/mol. The Morgan fingerprint density at radius 3 is 2.33 bits per heavy atom. The minimum absolute atomic E-state index is 0.0333. The van der Waals surface area contributed by atoms with E-state index in [-0.39, 0.29) is 23.4 Å². The van der Waals surface area contributed by atoms with Crippen molar-refractivity contribution in [3.8, 4) is 0 Å². The van der Waals surface area contributed by atoms with Crippen LogP contribution in [-0.2, 0) is 14.8 Å². The third-order valence-corrected chi connectivity index (χ3v) is 10.9. The van der Waals surface area contributed by atoms with Gasteiger partial charge in [-0.1, -0.05) is 30.2 Å². The zero-order valence-electron chi connectivity index (χ0n) is 23.1. The second-order valence-corrected chi connectivity index (χ2v) is 13.6. The molecule has 3 heterocycles. The van der Waals surface area contributed by atoms with Gasteiger partial charge >= 0.3 is 6.09 Å². The van der Waals surface area contributed by atoms with Crippen LogP contribution >= 0.6 is 11.6 Å². The number of hydrogen-bond acceptors (Lipinski definition) is 5. The zero-order valence-corrected chi connectivity index (χ0v) is 24.7. The van der Waals surface area contributed by atoms with Crippen molar-refractivity contribution in [2.45, 2.75) is 81.3 Å². The highest BCUT2D eigenvalue weighted by atomic mass is 35.5. The largest absolute Gasteiger partial charge is 0.448 e. The van der Waals surface area contributed by atoms with Crippen LogP contribution in [0, 0.1) is 12.7 Å². The molecule has 3 saturated heterocycles. The lowest BCUT2D eigenvalue weighted by Gasteiger charge is -2.42. The maximum atomic E-state index is 14.1. The molecular weight excluding hydrogens is 553 g/mol. The number of hydrogen-bond donors (Lipinski definition) is 0. The minimum atomic E-state index is -3.97. The number of amides is 1. The first-order valence-corrected chi connectivity index (χ1v) is 16.3. The van der Waals surface area contributed by atoms with E-state index in [2.05, 4.69) is 4.90 Å². The average Bonchev–Trinajstić information content (AvgIpc) is 2.98. The summed E-state index contributed by atoms with van der Waals surface area (Å²) in [5.74, 6) is -0.332. The van der Waals surface area contributed by atoms with Crippen LogP contribution in [0.5, 0.6) is 0 Å². The topological polar surface area (TPSA) is 70.2 Å². The van der Waals surface area contributed by atoms with Gasteiger partial charge in [0.15, 0.2) is 0 Å². The van der Waals surface area contributed by atoms with E-state index in [9.17, 15) is 17.6 Å². The van der Waals surface area contributed by atoms with E-state index in [1.165, 1.54) is 41.8 Å². The molecule has 0 aromatic heterocycles. The molecule has 0 bridgehead atoms. The van der Waals surface area contributed by atoms with Crippen molar-refractivity contribution < 1.29 is 22.3 Å². The zero-order chi connectivity index (χ0) is 28.3. The molecule has 1 amide bonds. The van der Waals surface area contributed by atoms with Crippen molar-refractivity contribution in [2.75, 3.05) is 32.8 Å². The van der Waals surface area contributed by atoms with Crippen molar-refractivity contribution in [1.82, 2.24) is 14.1 Å². The molecule has 2 aromatic rings. The molecule has 10 heteroatoms. The molecule has 5 rings (SSSR count). The highest BCUT2D eigenvalue weighted by Gasteiger charge is 2.41. The third-order valence-electron chi connectivity index (χ3n) is 8.67. The number of nitrogens with zero attached hydrogens (tertiary/aromatic N) is 3. The number of likely N-dealkylation sites (tertiary alicyclic amines) is 2. The fraction of sp³-hybridized carbons (Fsp3) is 0.567. The minimum Gasteiger partial charge on any atom is -0.448 e. The van der Waals surface area contributed by atoms with Gasteiger partial charge in [-0.25, -0.2) is 17.6 Å². The molecule has 0 saturated carbocycles. The van der Waals surface area contributed by atoms with Crippen LogP contribution in [-0.4, -0.2) is 73.5 Å². The van der Waals surface area contributed by atoms with E-state index in [0.29, 0.717) is 42.6 Å². The Morgan fingerprint density at radius 1 is 0.950 bits per heavy atom. The molecule has 0 unspecified atom stereocenters. The molecule has 0 radical (unpaired) electrons. The fourth-order valence-electron chi connectivity index (χ4n) is 6.45. The number of benzene rings is 2. The van der Waals surface area contributed by atoms with Crippen LogP contribution in [0.2, 0.25) is 5.02 Å². The molecule has 0 N–H and O–H groups in total. The van der Waals surface area contributed by atoms with Gasteiger partial charge in [0.05, 0.1) is 17.0 Å². The van der Waals surface area contributed by atoms with Crippen molar-refractivity contribution in [3.63, 3.8) is 0 Å². The Kier molecular flexibility index (Phi) is 9.35. The Hall–Kier alpha value is -2.20. The maximum Gasteiger partial charge on any atom is 0.409 e. The first-order chi connectivity index (χ1) is 19.2. The number of piperidine rings is 3. The van der Waals surface area contributed by atoms with Gasteiger partial charge in [-0.2, -0.15) is 4.31 Å². The van der Waals surface area contributed by atoms with Gasteiger partial charge in [0.1, 0.15) is 12.4 Å². The van der Waals surface area contributed by atoms with Crippen LogP contribution in [0.3, 0.4) is 0 Å². The van der Waals surface area contributed by atoms with Crippen molar-refractivity contribution in [3.05, 3.63) is 64.4 Å². The molecule has 218 valence electrons. The number of sulfonamides is 1. The Bertz CT molecular complexity index is 1280. The molecule has 3 aliphatic rings. The first kappa shape index (κ1) is 29.3. The number of ether oxygens (including phenoxy) is 1. The molecule has 3 aliphatic heterocycles. The van der Waals surface area contributed by atoms with E-state index >= 15 is 0 Å². The van der Waals surface area contributed by atoms with Crippen LogP contribution in [0.4, 0.5) is 9.18 Å². The summed E-state index contributed by atoms with van der Waals surface area (Å²) in [6.45, 7) is 5.22. The van der Waals surface area contributed by atoms with Gasteiger partial charge < -0.3 is 14.5 Å². The van der Waals surface area contributed by atoms with Crippen LogP contribution in [0.1, 0.15) is 68.5 Å². The molecule has 7 nitrogen and oxygen atoms in total. The Morgan fingerprint density at radius 2 is 1.65 bits per heavy atom. The summed E-state index contributed by atoms with van der Waals surface area (Å²) in [6.07, 6.45) is 7.19. The molecule has 2 aromatic carbocycles. The summed E-state index contributed by atoms with van der Waals surface area (Å²) < 4.78 is 49.4. The van der Waals surface area contributed by atoms with Crippen molar-refractivity contribution in [1.29, 1.82) is 0 Å². The summed E-state index contributed by atoms with van der Waals surface area (Å²) in [4.78, 5) is 17.5. The monoisotopic (exact) mass is 591 g/mol. The van der Waals surface area contributed by atoms with Crippen LogP contribution in [0.25, 0.3) is 0 Å². The highest BCUT2D eigenvalue weighted by molar-refractivity contribution is 7.89. The Labute approximate surface area is 242 Å². The number of halogens is 2. The normalized spacial score (nSPS) is 23.7. The second-order valence-electron chi connectivity index (χ2n) is 11.3. The Balaban J connectivity index is 1.31. The summed E-state index contributed by atoms with van der Waals surface area (Å²) in [6, 6.07) is 10.3. The molecule has 3 fully saturated rings. The van der Waals surface area contributed by atoms with E-state index in [1.54, 1.807) is 36.1 Å². The molecule has 2 atom stereocenters. The van der Waals surface area contributed by atoms with Gasteiger partial charge in [-0.15, -0.1) is 0 Å².